The van der Waals surface area contributed by atoms with E-state index in [1.54, 1.807) is 11.3 Å². The van der Waals surface area contributed by atoms with Crippen molar-refractivity contribution in [2.24, 2.45) is 0 Å². The summed E-state index contributed by atoms with van der Waals surface area (Å²) in [5.74, 6) is -1.07. The first-order valence-corrected chi connectivity index (χ1v) is 9.60. The minimum Gasteiger partial charge on any atom is -0.465 e. The zero-order valence-corrected chi connectivity index (χ0v) is 17.4. The van der Waals surface area contributed by atoms with Crippen LogP contribution in [0.25, 0.3) is 0 Å². The van der Waals surface area contributed by atoms with Crippen LogP contribution in [0.5, 0.6) is 0 Å². The SMILES string of the molecule is COC(=O)c1c(C)c2c(c(C)c1C(=O)OC)Cc1c(C)sc(C)c1COC2. The summed E-state index contributed by atoms with van der Waals surface area (Å²) in [5, 5.41) is 0. The highest BCUT2D eigenvalue weighted by Crippen LogP contribution is 2.37. The number of esters is 2. The highest BCUT2D eigenvalue weighted by molar-refractivity contribution is 7.12. The number of hydrogen-bond donors (Lipinski definition) is 0. The third-order valence-electron chi connectivity index (χ3n) is 5.42. The molecule has 27 heavy (non-hydrogen) atoms. The second-order valence-electron chi connectivity index (χ2n) is 6.78. The molecule has 1 aliphatic heterocycles. The van der Waals surface area contributed by atoms with Gasteiger partial charge in [0, 0.05) is 9.75 Å². The molecule has 0 unspecified atom stereocenters. The van der Waals surface area contributed by atoms with E-state index in [1.165, 1.54) is 35.1 Å². The molecule has 2 aromatic rings. The van der Waals surface area contributed by atoms with Crippen LogP contribution in [0, 0.1) is 27.7 Å². The normalized spacial score (nSPS) is 13.3. The Morgan fingerprint density at radius 2 is 1.26 bits per heavy atom. The number of thiophene rings is 1. The maximum absolute atomic E-state index is 12.5. The molecule has 3 rings (SSSR count). The van der Waals surface area contributed by atoms with Crippen LogP contribution in [0.1, 0.15) is 63.9 Å². The van der Waals surface area contributed by atoms with Crippen molar-refractivity contribution in [1.82, 2.24) is 0 Å². The summed E-state index contributed by atoms with van der Waals surface area (Å²) in [6.07, 6.45) is 0.711. The summed E-state index contributed by atoms with van der Waals surface area (Å²) in [6.45, 7) is 8.88. The van der Waals surface area contributed by atoms with Gasteiger partial charge in [0.25, 0.3) is 0 Å². The predicted octanol–water partition coefficient (Wildman–Crippen LogP) is 4.18. The van der Waals surface area contributed by atoms with Crippen molar-refractivity contribution in [3.05, 3.63) is 54.3 Å². The van der Waals surface area contributed by atoms with Gasteiger partial charge in [-0.2, -0.15) is 0 Å². The lowest BCUT2D eigenvalue weighted by Crippen LogP contribution is -2.21. The van der Waals surface area contributed by atoms with Crippen LogP contribution in [0.4, 0.5) is 0 Å². The summed E-state index contributed by atoms with van der Waals surface area (Å²) < 4.78 is 15.9. The van der Waals surface area contributed by atoms with Gasteiger partial charge in [-0.25, -0.2) is 9.59 Å². The van der Waals surface area contributed by atoms with Crippen LogP contribution in [0.3, 0.4) is 0 Å². The molecule has 0 radical (unpaired) electrons. The number of rotatable bonds is 2. The van der Waals surface area contributed by atoms with Crippen molar-refractivity contribution in [3.63, 3.8) is 0 Å². The number of carbonyl (C=O) groups excluding carboxylic acids is 2. The first-order chi connectivity index (χ1) is 12.8. The fourth-order valence-corrected chi connectivity index (χ4v) is 4.99. The van der Waals surface area contributed by atoms with Crippen LogP contribution in [0.2, 0.25) is 0 Å². The van der Waals surface area contributed by atoms with E-state index in [4.69, 9.17) is 14.2 Å². The Morgan fingerprint density at radius 3 is 1.81 bits per heavy atom. The van der Waals surface area contributed by atoms with E-state index >= 15 is 0 Å². The van der Waals surface area contributed by atoms with E-state index in [0.717, 1.165) is 22.3 Å². The largest absolute Gasteiger partial charge is 0.465 e. The molecule has 144 valence electrons. The predicted molar refractivity (Wildman–Crippen MR) is 104 cm³/mol. The number of carbonyl (C=O) groups is 2. The van der Waals surface area contributed by atoms with Crippen molar-refractivity contribution in [2.75, 3.05) is 14.2 Å². The molecule has 0 atom stereocenters. The first kappa shape index (κ1) is 19.6. The van der Waals surface area contributed by atoms with E-state index in [9.17, 15) is 9.59 Å². The maximum Gasteiger partial charge on any atom is 0.339 e. The third-order valence-corrected chi connectivity index (χ3v) is 6.52. The average Bonchev–Trinajstić information content (AvgIpc) is 2.88. The van der Waals surface area contributed by atoms with Crippen LogP contribution < -0.4 is 0 Å². The van der Waals surface area contributed by atoms with E-state index in [0.29, 0.717) is 19.6 Å². The molecule has 1 aliphatic rings. The lowest BCUT2D eigenvalue weighted by molar-refractivity contribution is 0.0552. The molecule has 0 fully saturated rings. The third kappa shape index (κ3) is 3.17. The Labute approximate surface area is 163 Å². The van der Waals surface area contributed by atoms with Gasteiger partial charge in [0.15, 0.2) is 0 Å². The van der Waals surface area contributed by atoms with Crippen molar-refractivity contribution >= 4 is 23.3 Å². The standard InChI is InChI=1S/C21H24O5S/c1-10-14-7-15-12(3)27-13(4)17(15)9-26-8-16(14)11(2)19(21(23)25-6)18(10)20(22)24-5/h7-9H2,1-6H3. The lowest BCUT2D eigenvalue weighted by Gasteiger charge is -2.24. The number of ether oxygens (including phenoxy) is 3. The Kier molecular flexibility index (Phi) is 5.40. The summed E-state index contributed by atoms with van der Waals surface area (Å²) in [4.78, 5) is 27.5. The van der Waals surface area contributed by atoms with E-state index in [1.807, 2.05) is 13.8 Å². The number of aryl methyl sites for hydroxylation is 2. The van der Waals surface area contributed by atoms with Crippen LogP contribution in [-0.4, -0.2) is 26.2 Å². The fourth-order valence-electron chi connectivity index (χ4n) is 3.91. The number of fused-ring (bicyclic) bond motifs is 2. The summed E-state index contributed by atoms with van der Waals surface area (Å²) >= 11 is 1.77. The number of methoxy groups -OCH3 is 2. The maximum atomic E-state index is 12.5. The average molecular weight is 388 g/mol. The van der Waals surface area contributed by atoms with Gasteiger partial charge in [-0.3, -0.25) is 0 Å². The van der Waals surface area contributed by atoms with Crippen LogP contribution in [-0.2, 0) is 33.8 Å². The number of benzene rings is 1. The van der Waals surface area contributed by atoms with Gasteiger partial charge in [-0.1, -0.05) is 0 Å². The highest BCUT2D eigenvalue weighted by atomic mass is 32.1. The topological polar surface area (TPSA) is 61.8 Å². The van der Waals surface area contributed by atoms with Crippen molar-refractivity contribution in [3.8, 4) is 0 Å². The number of hydrogen-bond acceptors (Lipinski definition) is 6. The molecule has 1 aromatic carbocycles. The van der Waals surface area contributed by atoms with Crippen molar-refractivity contribution < 1.29 is 23.8 Å². The molecule has 0 aliphatic carbocycles. The van der Waals surface area contributed by atoms with E-state index in [-0.39, 0.29) is 11.1 Å². The van der Waals surface area contributed by atoms with Gasteiger partial charge < -0.3 is 14.2 Å². The minimum atomic E-state index is -0.538. The molecule has 0 saturated carbocycles. The smallest absolute Gasteiger partial charge is 0.339 e. The zero-order chi connectivity index (χ0) is 19.9. The van der Waals surface area contributed by atoms with E-state index in [2.05, 4.69) is 13.8 Å². The lowest BCUT2D eigenvalue weighted by atomic mass is 9.84. The molecular formula is C21H24O5S. The van der Waals surface area contributed by atoms with E-state index < -0.39 is 11.9 Å². The van der Waals surface area contributed by atoms with Gasteiger partial charge in [-0.05, 0) is 67.5 Å². The molecule has 0 spiro atoms. The minimum absolute atomic E-state index is 0.267. The van der Waals surface area contributed by atoms with Gasteiger partial charge in [0.05, 0.1) is 38.6 Å². The quantitative estimate of drug-likeness (QED) is 0.723. The highest BCUT2D eigenvalue weighted by Gasteiger charge is 2.30. The van der Waals surface area contributed by atoms with Crippen LogP contribution >= 0.6 is 11.3 Å². The first-order valence-electron chi connectivity index (χ1n) is 8.78. The second-order valence-corrected chi connectivity index (χ2v) is 8.21. The van der Waals surface area contributed by atoms with Gasteiger partial charge in [0.1, 0.15) is 0 Å². The molecule has 5 nitrogen and oxygen atoms in total. The summed E-state index contributed by atoms with van der Waals surface area (Å²) in [5.41, 5.74) is 6.49. The molecule has 0 amide bonds. The Hall–Kier alpha value is -2.18. The fraction of sp³-hybridized carbons (Fsp3) is 0.429. The van der Waals surface area contributed by atoms with Crippen molar-refractivity contribution in [1.29, 1.82) is 0 Å². The molecule has 0 N–H and O–H groups in total. The zero-order valence-electron chi connectivity index (χ0n) is 16.6. The van der Waals surface area contributed by atoms with Gasteiger partial charge in [-0.15, -0.1) is 11.3 Å². The molecular weight excluding hydrogens is 364 g/mol. The van der Waals surface area contributed by atoms with Crippen LogP contribution in [0.15, 0.2) is 0 Å². The van der Waals surface area contributed by atoms with Crippen molar-refractivity contribution in [2.45, 2.75) is 47.3 Å². The van der Waals surface area contributed by atoms with Gasteiger partial charge >= 0.3 is 11.9 Å². The monoisotopic (exact) mass is 388 g/mol. The second kappa shape index (κ2) is 7.44. The Bertz CT molecular complexity index is 939. The Morgan fingerprint density at radius 1 is 0.778 bits per heavy atom. The molecule has 2 heterocycles. The molecule has 0 saturated heterocycles. The van der Waals surface area contributed by atoms with Gasteiger partial charge in [0.2, 0.25) is 0 Å². The molecule has 0 bridgehead atoms. The summed E-state index contributed by atoms with van der Waals surface area (Å²) in [7, 11) is 2.64. The molecule has 6 heteroatoms. The Balaban J connectivity index is 2.32. The summed E-state index contributed by atoms with van der Waals surface area (Å²) in [6, 6.07) is 0. The molecule has 1 aromatic heterocycles.